The zero-order chi connectivity index (χ0) is 19.3. The van der Waals surface area contributed by atoms with Crippen molar-refractivity contribution >= 4 is 17.5 Å². The number of nitrogens with one attached hydrogen (secondary N) is 1. The highest BCUT2D eigenvalue weighted by atomic mass is 16.2. The van der Waals surface area contributed by atoms with E-state index in [1.54, 1.807) is 0 Å². The van der Waals surface area contributed by atoms with E-state index < -0.39 is 0 Å². The highest BCUT2D eigenvalue weighted by Crippen LogP contribution is 2.20. The van der Waals surface area contributed by atoms with Crippen molar-refractivity contribution in [1.29, 1.82) is 0 Å². The monoisotopic (exact) mass is 377 g/mol. The molecule has 5 nitrogen and oxygen atoms in total. The van der Waals surface area contributed by atoms with Crippen LogP contribution in [0.1, 0.15) is 47.2 Å². The van der Waals surface area contributed by atoms with E-state index in [9.17, 15) is 9.59 Å². The molecule has 0 aliphatic carbocycles. The van der Waals surface area contributed by atoms with Crippen LogP contribution >= 0.6 is 0 Å². The van der Waals surface area contributed by atoms with E-state index in [1.807, 2.05) is 29.2 Å². The lowest BCUT2D eigenvalue weighted by Gasteiger charge is -2.17. The molecule has 146 valence electrons. The summed E-state index contributed by atoms with van der Waals surface area (Å²) in [5.74, 6) is 0.144. The SMILES string of the molecule is O=C(NCc1ccc(N2CCCC2)cc1)c1ccc(CN2CCCC2=O)cc1. The molecule has 0 bridgehead atoms. The second-order valence-electron chi connectivity index (χ2n) is 7.66. The molecule has 2 aromatic carbocycles. The normalized spacial score (nSPS) is 16.6. The fourth-order valence-corrected chi connectivity index (χ4v) is 3.94. The van der Waals surface area contributed by atoms with E-state index in [2.05, 4.69) is 34.5 Å². The molecule has 2 amide bonds. The van der Waals surface area contributed by atoms with Crippen LogP contribution in [-0.4, -0.2) is 36.3 Å². The maximum absolute atomic E-state index is 12.4. The molecular weight excluding hydrogens is 350 g/mol. The number of likely N-dealkylation sites (tertiary alicyclic amines) is 1. The Hall–Kier alpha value is -2.82. The molecule has 2 aromatic rings. The third-order valence-corrected chi connectivity index (χ3v) is 5.62. The van der Waals surface area contributed by atoms with E-state index >= 15 is 0 Å². The lowest BCUT2D eigenvalue weighted by atomic mass is 10.1. The van der Waals surface area contributed by atoms with Gasteiger partial charge in [-0.15, -0.1) is 0 Å². The van der Waals surface area contributed by atoms with Crippen LogP contribution < -0.4 is 10.2 Å². The summed E-state index contributed by atoms with van der Waals surface area (Å²) in [6.45, 7) is 4.25. The molecule has 2 saturated heterocycles. The van der Waals surface area contributed by atoms with Crippen molar-refractivity contribution < 1.29 is 9.59 Å². The van der Waals surface area contributed by atoms with Crippen LogP contribution in [0, 0.1) is 0 Å². The minimum Gasteiger partial charge on any atom is -0.372 e. The van der Waals surface area contributed by atoms with Gasteiger partial charge in [-0.3, -0.25) is 9.59 Å². The fourth-order valence-electron chi connectivity index (χ4n) is 3.94. The summed E-state index contributed by atoms with van der Waals surface area (Å²) in [6.07, 6.45) is 4.13. The molecule has 5 heteroatoms. The van der Waals surface area contributed by atoms with Crippen LogP contribution in [0.5, 0.6) is 0 Å². The zero-order valence-corrected chi connectivity index (χ0v) is 16.2. The molecule has 1 N–H and O–H groups in total. The molecule has 0 unspecified atom stereocenters. The Labute approximate surface area is 166 Å². The van der Waals surface area contributed by atoms with Crippen LogP contribution in [-0.2, 0) is 17.9 Å². The number of amides is 2. The highest BCUT2D eigenvalue weighted by molar-refractivity contribution is 5.94. The Morgan fingerprint density at radius 2 is 1.54 bits per heavy atom. The number of rotatable bonds is 6. The molecule has 2 aliphatic rings. The summed E-state index contributed by atoms with van der Waals surface area (Å²) >= 11 is 0. The van der Waals surface area contributed by atoms with Gasteiger partial charge < -0.3 is 15.1 Å². The van der Waals surface area contributed by atoms with Crippen LogP contribution in [0.4, 0.5) is 5.69 Å². The second kappa shape index (κ2) is 8.46. The number of carbonyl (C=O) groups is 2. The first-order chi connectivity index (χ1) is 13.7. The zero-order valence-electron chi connectivity index (χ0n) is 16.2. The van der Waals surface area contributed by atoms with Crippen molar-refractivity contribution in [3.8, 4) is 0 Å². The molecule has 0 radical (unpaired) electrons. The number of benzene rings is 2. The van der Waals surface area contributed by atoms with Gasteiger partial charge in [-0.25, -0.2) is 0 Å². The summed E-state index contributed by atoms with van der Waals surface area (Å²) in [5.41, 5.74) is 4.06. The number of anilines is 1. The van der Waals surface area contributed by atoms with Gasteiger partial charge in [0.2, 0.25) is 5.91 Å². The Bertz CT molecular complexity index is 824. The standard InChI is InChI=1S/C23H27N3O2/c27-22-4-3-15-26(22)17-19-5-9-20(10-6-19)23(28)24-16-18-7-11-21(12-8-18)25-13-1-2-14-25/h5-12H,1-4,13-17H2,(H,24,28). The summed E-state index contributed by atoms with van der Waals surface area (Å²) < 4.78 is 0. The molecule has 2 heterocycles. The number of hydrogen-bond donors (Lipinski definition) is 1. The molecule has 0 saturated carbocycles. The molecule has 4 rings (SSSR count). The van der Waals surface area contributed by atoms with Crippen LogP contribution in [0.15, 0.2) is 48.5 Å². The summed E-state index contributed by atoms with van der Waals surface area (Å²) in [4.78, 5) is 28.4. The van der Waals surface area contributed by atoms with Crippen LogP contribution in [0.25, 0.3) is 0 Å². The maximum Gasteiger partial charge on any atom is 0.251 e. The summed E-state index contributed by atoms with van der Waals surface area (Å²) in [6, 6.07) is 16.0. The Balaban J connectivity index is 1.29. The van der Waals surface area contributed by atoms with E-state index in [1.165, 1.54) is 18.5 Å². The Kier molecular flexibility index (Phi) is 5.60. The minimum atomic E-state index is -0.0765. The van der Waals surface area contributed by atoms with Gasteiger partial charge in [-0.05, 0) is 54.7 Å². The van der Waals surface area contributed by atoms with Gasteiger partial charge in [0.05, 0.1) is 0 Å². The van der Waals surface area contributed by atoms with Gasteiger partial charge in [0.1, 0.15) is 0 Å². The molecule has 2 aliphatic heterocycles. The van der Waals surface area contributed by atoms with Crippen molar-refractivity contribution in [3.63, 3.8) is 0 Å². The summed E-state index contributed by atoms with van der Waals surface area (Å²) in [7, 11) is 0. The first-order valence-electron chi connectivity index (χ1n) is 10.2. The third kappa shape index (κ3) is 4.35. The largest absolute Gasteiger partial charge is 0.372 e. The van der Waals surface area contributed by atoms with Crippen molar-refractivity contribution in [1.82, 2.24) is 10.2 Å². The molecule has 2 fully saturated rings. The first kappa shape index (κ1) is 18.5. The van der Waals surface area contributed by atoms with Gasteiger partial charge in [-0.2, -0.15) is 0 Å². The van der Waals surface area contributed by atoms with Gasteiger partial charge in [0.15, 0.2) is 0 Å². The number of nitrogens with zero attached hydrogens (tertiary/aromatic N) is 2. The smallest absolute Gasteiger partial charge is 0.251 e. The maximum atomic E-state index is 12.4. The molecule has 0 atom stereocenters. The Morgan fingerprint density at radius 3 is 2.18 bits per heavy atom. The van der Waals surface area contributed by atoms with E-state index in [0.717, 1.165) is 37.2 Å². The highest BCUT2D eigenvalue weighted by Gasteiger charge is 2.20. The topological polar surface area (TPSA) is 52.7 Å². The first-order valence-corrected chi connectivity index (χ1v) is 10.2. The van der Waals surface area contributed by atoms with Gasteiger partial charge in [-0.1, -0.05) is 24.3 Å². The van der Waals surface area contributed by atoms with Gasteiger partial charge >= 0.3 is 0 Å². The predicted octanol–water partition coefficient (Wildman–Crippen LogP) is 3.34. The molecular formula is C23H27N3O2. The van der Waals surface area contributed by atoms with Crippen molar-refractivity contribution in [3.05, 3.63) is 65.2 Å². The van der Waals surface area contributed by atoms with Crippen LogP contribution in [0.2, 0.25) is 0 Å². The predicted molar refractivity (Wildman–Crippen MR) is 110 cm³/mol. The summed E-state index contributed by atoms with van der Waals surface area (Å²) in [5, 5.41) is 2.99. The van der Waals surface area contributed by atoms with E-state index in [-0.39, 0.29) is 11.8 Å². The van der Waals surface area contributed by atoms with Crippen molar-refractivity contribution in [2.75, 3.05) is 24.5 Å². The molecule has 0 spiro atoms. The van der Waals surface area contributed by atoms with Crippen molar-refractivity contribution in [2.45, 2.75) is 38.8 Å². The lowest BCUT2D eigenvalue weighted by Crippen LogP contribution is -2.24. The lowest BCUT2D eigenvalue weighted by molar-refractivity contribution is -0.128. The number of carbonyl (C=O) groups excluding carboxylic acids is 2. The average Bonchev–Trinajstić information content (AvgIpc) is 3.40. The third-order valence-electron chi connectivity index (χ3n) is 5.62. The van der Waals surface area contributed by atoms with E-state index in [0.29, 0.717) is 25.1 Å². The quantitative estimate of drug-likeness (QED) is 0.840. The molecule has 28 heavy (non-hydrogen) atoms. The van der Waals surface area contributed by atoms with Crippen LogP contribution in [0.3, 0.4) is 0 Å². The van der Waals surface area contributed by atoms with Gasteiger partial charge in [0, 0.05) is 50.4 Å². The number of hydrogen-bond acceptors (Lipinski definition) is 3. The Morgan fingerprint density at radius 1 is 0.857 bits per heavy atom. The average molecular weight is 377 g/mol. The minimum absolute atomic E-state index is 0.0765. The van der Waals surface area contributed by atoms with Gasteiger partial charge in [0.25, 0.3) is 5.91 Å². The molecule has 0 aromatic heterocycles. The van der Waals surface area contributed by atoms with E-state index in [4.69, 9.17) is 0 Å². The van der Waals surface area contributed by atoms with Crippen molar-refractivity contribution in [2.24, 2.45) is 0 Å². The second-order valence-corrected chi connectivity index (χ2v) is 7.66. The fraction of sp³-hybridized carbons (Fsp3) is 0.391.